The molecule has 4 nitrogen and oxygen atoms in total. The van der Waals surface area contributed by atoms with Crippen molar-refractivity contribution in [3.05, 3.63) is 75.1 Å². The summed E-state index contributed by atoms with van der Waals surface area (Å²) in [7, 11) is -3.83. The fourth-order valence-corrected chi connectivity index (χ4v) is 2.98. The summed E-state index contributed by atoms with van der Waals surface area (Å²) in [6.07, 6.45) is 1.30. The Morgan fingerprint density at radius 2 is 1.59 bits per heavy atom. The summed E-state index contributed by atoms with van der Waals surface area (Å²) >= 11 is 11.9. The molecule has 0 spiro atoms. The highest BCUT2D eigenvalue weighted by Crippen LogP contribution is 2.25. The van der Waals surface area contributed by atoms with Gasteiger partial charge in [-0.25, -0.2) is 8.42 Å². The number of hydrogen-bond donors (Lipinski definition) is 2. The van der Waals surface area contributed by atoms with Crippen molar-refractivity contribution in [2.45, 2.75) is 0 Å². The monoisotopic (exact) mass is 354 g/mol. The second-order valence-corrected chi connectivity index (χ2v) is 6.71. The molecular weight excluding hydrogens is 343 g/mol. The standard InChI is InChI=1S/C15H12Cl2N2O2S/c16-13-7-4-8-14(17)12(13)9-10-22(20,21)19-15(18)11-5-2-1-3-6-11/h1-10H,(H2,18,19). The molecule has 2 N–H and O–H groups in total. The summed E-state index contributed by atoms with van der Waals surface area (Å²) in [6.45, 7) is 0. The van der Waals surface area contributed by atoms with Crippen LogP contribution in [0.1, 0.15) is 11.1 Å². The van der Waals surface area contributed by atoms with Crippen molar-refractivity contribution < 1.29 is 8.42 Å². The molecule has 22 heavy (non-hydrogen) atoms. The average Bonchev–Trinajstić information content (AvgIpc) is 2.47. The van der Waals surface area contributed by atoms with Gasteiger partial charge in [0.2, 0.25) is 0 Å². The molecule has 2 rings (SSSR count). The van der Waals surface area contributed by atoms with Crippen LogP contribution in [0.3, 0.4) is 0 Å². The maximum atomic E-state index is 12.0. The molecule has 0 aliphatic heterocycles. The number of hydrogen-bond acceptors (Lipinski definition) is 3. The van der Waals surface area contributed by atoms with E-state index < -0.39 is 10.0 Å². The van der Waals surface area contributed by atoms with Crippen LogP contribution in [-0.2, 0) is 10.0 Å². The van der Waals surface area contributed by atoms with Gasteiger partial charge in [-0.1, -0.05) is 59.6 Å². The van der Waals surface area contributed by atoms with Gasteiger partial charge in [-0.3, -0.25) is 10.1 Å². The van der Waals surface area contributed by atoms with Gasteiger partial charge in [0.1, 0.15) is 5.84 Å². The highest BCUT2D eigenvalue weighted by Gasteiger charge is 2.10. The Morgan fingerprint density at radius 3 is 2.18 bits per heavy atom. The van der Waals surface area contributed by atoms with E-state index in [1.54, 1.807) is 48.5 Å². The van der Waals surface area contributed by atoms with Crippen LogP contribution in [-0.4, -0.2) is 14.3 Å². The molecule has 0 unspecified atom stereocenters. The second kappa shape index (κ2) is 6.96. The molecule has 0 aromatic heterocycles. The van der Waals surface area contributed by atoms with Gasteiger partial charge in [-0.05, 0) is 18.2 Å². The minimum Gasteiger partial charge on any atom is -0.283 e. The number of sulfonamides is 1. The first kappa shape index (κ1) is 16.5. The molecule has 7 heteroatoms. The third kappa shape index (κ3) is 4.34. The van der Waals surface area contributed by atoms with Crippen molar-refractivity contribution in [3.8, 4) is 0 Å². The summed E-state index contributed by atoms with van der Waals surface area (Å²) < 4.78 is 26.1. The molecule has 0 atom stereocenters. The molecule has 0 amide bonds. The van der Waals surface area contributed by atoms with Crippen molar-refractivity contribution in [2.24, 2.45) is 0 Å². The van der Waals surface area contributed by atoms with Gasteiger partial charge in [-0.15, -0.1) is 0 Å². The van der Waals surface area contributed by atoms with Crippen molar-refractivity contribution in [1.29, 1.82) is 5.41 Å². The summed E-state index contributed by atoms with van der Waals surface area (Å²) in [5.74, 6) is -0.212. The van der Waals surface area contributed by atoms with E-state index in [-0.39, 0.29) is 5.84 Å². The Kier molecular flexibility index (Phi) is 5.24. The van der Waals surface area contributed by atoms with E-state index in [1.807, 2.05) is 0 Å². The molecule has 2 aromatic rings. The van der Waals surface area contributed by atoms with E-state index in [0.717, 1.165) is 5.41 Å². The van der Waals surface area contributed by atoms with E-state index in [0.29, 0.717) is 21.2 Å². The lowest BCUT2D eigenvalue weighted by Gasteiger charge is -2.06. The Balaban J connectivity index is 2.18. The predicted octanol–water partition coefficient (Wildman–Crippen LogP) is 3.91. The largest absolute Gasteiger partial charge is 0.283 e. The average molecular weight is 355 g/mol. The zero-order valence-corrected chi connectivity index (χ0v) is 13.6. The van der Waals surface area contributed by atoms with Gasteiger partial charge in [-0.2, -0.15) is 0 Å². The minimum absolute atomic E-state index is 0.212. The third-order valence-corrected chi connectivity index (χ3v) is 4.36. The van der Waals surface area contributed by atoms with Crippen molar-refractivity contribution in [2.75, 3.05) is 0 Å². The maximum Gasteiger partial charge on any atom is 0.256 e. The number of benzene rings is 2. The Labute approximate surface area is 138 Å². The summed E-state index contributed by atoms with van der Waals surface area (Å²) in [6, 6.07) is 13.4. The Bertz CT molecular complexity index is 798. The second-order valence-electron chi connectivity index (χ2n) is 4.33. The predicted molar refractivity (Wildman–Crippen MR) is 90.8 cm³/mol. The molecule has 2 aromatic carbocycles. The van der Waals surface area contributed by atoms with Gasteiger partial charge in [0.05, 0.1) is 5.41 Å². The van der Waals surface area contributed by atoms with Crippen molar-refractivity contribution in [3.63, 3.8) is 0 Å². The van der Waals surface area contributed by atoms with Gasteiger partial charge in [0.25, 0.3) is 10.0 Å². The molecule has 0 saturated carbocycles. The van der Waals surface area contributed by atoms with Crippen molar-refractivity contribution in [1.82, 2.24) is 4.72 Å². The minimum atomic E-state index is -3.83. The number of nitrogens with one attached hydrogen (secondary N) is 2. The Hall–Kier alpha value is -1.82. The van der Waals surface area contributed by atoms with E-state index in [1.165, 1.54) is 6.08 Å². The van der Waals surface area contributed by atoms with Crippen LogP contribution >= 0.6 is 23.2 Å². The van der Waals surface area contributed by atoms with E-state index in [9.17, 15) is 8.42 Å². The fraction of sp³-hybridized carbons (Fsp3) is 0. The topological polar surface area (TPSA) is 70.0 Å². The maximum absolute atomic E-state index is 12.0. The third-order valence-electron chi connectivity index (χ3n) is 2.72. The molecule has 114 valence electrons. The van der Waals surface area contributed by atoms with Gasteiger partial charge < -0.3 is 0 Å². The fourth-order valence-electron chi connectivity index (χ4n) is 1.67. The SMILES string of the molecule is N=C(NS(=O)(=O)C=Cc1c(Cl)cccc1Cl)c1ccccc1. The quantitative estimate of drug-likeness (QED) is 0.645. The van der Waals surface area contributed by atoms with Gasteiger partial charge >= 0.3 is 0 Å². The van der Waals surface area contributed by atoms with Gasteiger partial charge in [0.15, 0.2) is 0 Å². The summed E-state index contributed by atoms with van der Waals surface area (Å²) in [5, 5.41) is 9.39. The van der Waals surface area contributed by atoms with E-state index in [2.05, 4.69) is 4.72 Å². The molecule has 0 radical (unpaired) electrons. The van der Waals surface area contributed by atoms with Crippen LogP contribution in [0.15, 0.2) is 53.9 Å². The number of halogens is 2. The molecule has 0 fully saturated rings. The van der Waals surface area contributed by atoms with Crippen LogP contribution in [0.25, 0.3) is 6.08 Å². The smallest absolute Gasteiger partial charge is 0.256 e. The lowest BCUT2D eigenvalue weighted by Crippen LogP contribution is -2.28. The summed E-state index contributed by atoms with van der Waals surface area (Å²) in [4.78, 5) is 0. The molecule has 0 saturated heterocycles. The molecule has 0 aliphatic rings. The highest BCUT2D eigenvalue weighted by molar-refractivity contribution is 7.93. The van der Waals surface area contributed by atoms with Crippen LogP contribution in [0, 0.1) is 5.41 Å². The Morgan fingerprint density at radius 1 is 1.00 bits per heavy atom. The molecule has 0 bridgehead atoms. The normalized spacial score (nSPS) is 11.5. The van der Waals surface area contributed by atoms with Crippen molar-refractivity contribution >= 4 is 45.1 Å². The van der Waals surface area contributed by atoms with Crippen LogP contribution in [0.2, 0.25) is 10.0 Å². The first-order chi connectivity index (χ1) is 10.4. The molecular formula is C15H12Cl2N2O2S. The summed E-state index contributed by atoms with van der Waals surface area (Å²) in [5.41, 5.74) is 0.873. The van der Waals surface area contributed by atoms with Gasteiger partial charge in [0, 0.05) is 21.2 Å². The highest BCUT2D eigenvalue weighted by atomic mass is 35.5. The zero-order chi connectivity index (χ0) is 16.2. The van der Waals surface area contributed by atoms with E-state index >= 15 is 0 Å². The van der Waals surface area contributed by atoms with Crippen LogP contribution < -0.4 is 4.72 Å². The number of amidine groups is 1. The van der Waals surface area contributed by atoms with Crippen LogP contribution in [0.5, 0.6) is 0 Å². The first-order valence-corrected chi connectivity index (χ1v) is 8.48. The lowest BCUT2D eigenvalue weighted by molar-refractivity contribution is 0.601. The number of rotatable bonds is 4. The van der Waals surface area contributed by atoms with Crippen LogP contribution in [0.4, 0.5) is 0 Å². The first-order valence-electron chi connectivity index (χ1n) is 6.18. The molecule has 0 aliphatic carbocycles. The van der Waals surface area contributed by atoms with E-state index in [4.69, 9.17) is 28.6 Å². The lowest BCUT2D eigenvalue weighted by atomic mass is 10.2. The molecule has 0 heterocycles. The zero-order valence-electron chi connectivity index (χ0n) is 11.3.